The zero-order valence-electron chi connectivity index (χ0n) is 13.4. The number of carbonyl (C=O) groups excluding carboxylic acids is 2. The molecule has 0 unspecified atom stereocenters. The highest BCUT2D eigenvalue weighted by Crippen LogP contribution is 2.31. The minimum absolute atomic E-state index is 0.000672. The summed E-state index contributed by atoms with van der Waals surface area (Å²) in [4.78, 5) is 28.1. The van der Waals surface area contributed by atoms with Gasteiger partial charge in [0.05, 0.1) is 6.42 Å². The van der Waals surface area contributed by atoms with E-state index in [1.807, 2.05) is 0 Å². The van der Waals surface area contributed by atoms with E-state index in [4.69, 9.17) is 11.1 Å². The van der Waals surface area contributed by atoms with Crippen LogP contribution in [-0.2, 0) is 16.0 Å². The molecule has 8 nitrogen and oxygen atoms in total. The molecular formula is C16H22N6O2. The molecule has 1 aliphatic carbocycles. The maximum absolute atomic E-state index is 12.5. The second-order valence-corrected chi connectivity index (χ2v) is 6.41. The lowest BCUT2D eigenvalue weighted by molar-refractivity contribution is -0.121. The molecule has 1 saturated carbocycles. The molecule has 2 amide bonds. The summed E-state index contributed by atoms with van der Waals surface area (Å²) in [6, 6.07) is 1.74. The summed E-state index contributed by atoms with van der Waals surface area (Å²) >= 11 is 0. The van der Waals surface area contributed by atoms with Crippen LogP contribution in [0.15, 0.2) is 12.3 Å². The van der Waals surface area contributed by atoms with E-state index >= 15 is 0 Å². The van der Waals surface area contributed by atoms with Crippen LogP contribution < -0.4 is 21.7 Å². The van der Waals surface area contributed by atoms with Crippen LogP contribution in [0.5, 0.6) is 0 Å². The number of hydrogen-bond acceptors (Lipinski definition) is 4. The maximum atomic E-state index is 12.5. The van der Waals surface area contributed by atoms with Crippen molar-refractivity contribution < 1.29 is 9.59 Å². The first kappa shape index (κ1) is 16.2. The fourth-order valence-electron chi connectivity index (χ4n) is 3.35. The van der Waals surface area contributed by atoms with E-state index in [1.54, 1.807) is 12.3 Å². The normalized spacial score (nSPS) is 22.4. The van der Waals surface area contributed by atoms with E-state index in [0.29, 0.717) is 24.0 Å². The van der Waals surface area contributed by atoms with Gasteiger partial charge in [-0.2, -0.15) is 0 Å². The molecule has 0 aromatic carbocycles. The van der Waals surface area contributed by atoms with Crippen LogP contribution >= 0.6 is 0 Å². The molecule has 1 aromatic heterocycles. The van der Waals surface area contributed by atoms with Crippen LogP contribution in [0.4, 0.5) is 11.5 Å². The predicted octanol–water partition coefficient (Wildman–Crippen LogP) is 0.804. The third-order valence-electron chi connectivity index (χ3n) is 4.71. The van der Waals surface area contributed by atoms with Gasteiger partial charge < -0.3 is 21.7 Å². The van der Waals surface area contributed by atoms with Crippen molar-refractivity contribution in [3.05, 3.63) is 17.8 Å². The Morgan fingerprint density at radius 3 is 2.83 bits per heavy atom. The topological polar surface area (TPSA) is 133 Å². The van der Waals surface area contributed by atoms with Gasteiger partial charge in [0.25, 0.3) is 0 Å². The van der Waals surface area contributed by atoms with E-state index in [1.165, 1.54) is 0 Å². The Kier molecular flexibility index (Phi) is 4.64. The summed E-state index contributed by atoms with van der Waals surface area (Å²) in [5, 5.41) is 15.7. The molecule has 8 heteroatoms. The number of guanidine groups is 1. The number of anilines is 2. The van der Waals surface area contributed by atoms with Crippen molar-refractivity contribution in [2.45, 2.75) is 32.1 Å². The lowest BCUT2D eigenvalue weighted by Crippen LogP contribution is -2.36. The molecule has 1 aliphatic heterocycles. The second kappa shape index (κ2) is 6.86. The molecule has 0 saturated heterocycles. The number of aromatic nitrogens is 1. The quantitative estimate of drug-likeness (QED) is 0.411. The Balaban J connectivity index is 1.55. The van der Waals surface area contributed by atoms with Crippen molar-refractivity contribution in [3.8, 4) is 0 Å². The van der Waals surface area contributed by atoms with Gasteiger partial charge in [-0.05, 0) is 37.7 Å². The second-order valence-electron chi connectivity index (χ2n) is 6.41. The third kappa shape index (κ3) is 3.64. The van der Waals surface area contributed by atoms with Gasteiger partial charge in [0.15, 0.2) is 5.96 Å². The van der Waals surface area contributed by atoms with Crippen LogP contribution in [-0.4, -0.2) is 29.3 Å². The summed E-state index contributed by atoms with van der Waals surface area (Å²) < 4.78 is 0. The van der Waals surface area contributed by atoms with Gasteiger partial charge in [0, 0.05) is 29.9 Å². The van der Waals surface area contributed by atoms with Gasteiger partial charge in [-0.1, -0.05) is 0 Å². The highest BCUT2D eigenvalue weighted by Gasteiger charge is 2.28. The molecule has 128 valence electrons. The highest BCUT2D eigenvalue weighted by molar-refractivity contribution is 6.02. The lowest BCUT2D eigenvalue weighted by Gasteiger charge is -2.28. The number of nitrogens with zero attached hydrogens (tertiary/aromatic N) is 1. The lowest BCUT2D eigenvalue weighted by atomic mass is 9.81. The van der Waals surface area contributed by atoms with Gasteiger partial charge in [-0.3, -0.25) is 15.0 Å². The number of carbonyl (C=O) groups is 2. The summed E-state index contributed by atoms with van der Waals surface area (Å²) in [6.45, 7) is 0.690. The van der Waals surface area contributed by atoms with Gasteiger partial charge in [-0.15, -0.1) is 0 Å². The largest absolute Gasteiger partial charge is 0.370 e. The van der Waals surface area contributed by atoms with Gasteiger partial charge in [-0.25, -0.2) is 4.98 Å². The first-order valence-electron chi connectivity index (χ1n) is 8.19. The van der Waals surface area contributed by atoms with Gasteiger partial charge >= 0.3 is 0 Å². The first-order chi connectivity index (χ1) is 11.5. The van der Waals surface area contributed by atoms with Crippen LogP contribution in [0.25, 0.3) is 0 Å². The van der Waals surface area contributed by atoms with Crippen LogP contribution in [0.1, 0.15) is 31.2 Å². The molecular weight excluding hydrogens is 308 g/mol. The SMILES string of the molecule is N=C(N)NCC1CCC(C(=O)Nc2ccnc3c2CC(=O)N3)CC1. The Labute approximate surface area is 140 Å². The van der Waals surface area contributed by atoms with E-state index in [2.05, 4.69) is 20.9 Å². The molecule has 1 fully saturated rings. The number of hydrogen-bond donors (Lipinski definition) is 5. The third-order valence-corrected chi connectivity index (χ3v) is 4.71. The number of fused-ring (bicyclic) bond motifs is 1. The van der Waals surface area contributed by atoms with Crippen molar-refractivity contribution in [1.29, 1.82) is 5.41 Å². The summed E-state index contributed by atoms with van der Waals surface area (Å²) in [5.74, 6) is 0.859. The summed E-state index contributed by atoms with van der Waals surface area (Å²) in [7, 11) is 0. The first-order valence-corrected chi connectivity index (χ1v) is 8.19. The average Bonchev–Trinajstić information content (AvgIpc) is 2.94. The minimum atomic E-state index is -0.0994. The Morgan fingerprint density at radius 2 is 2.12 bits per heavy atom. The zero-order chi connectivity index (χ0) is 17.1. The van der Waals surface area contributed by atoms with Crippen molar-refractivity contribution in [1.82, 2.24) is 10.3 Å². The zero-order valence-corrected chi connectivity index (χ0v) is 13.4. The van der Waals surface area contributed by atoms with E-state index in [9.17, 15) is 9.59 Å². The fraction of sp³-hybridized carbons (Fsp3) is 0.500. The number of nitrogens with two attached hydrogens (primary N) is 1. The number of pyridine rings is 1. The molecule has 0 atom stereocenters. The van der Waals surface area contributed by atoms with Crippen molar-refractivity contribution in [2.24, 2.45) is 17.6 Å². The molecule has 6 N–H and O–H groups in total. The highest BCUT2D eigenvalue weighted by atomic mass is 16.2. The molecule has 0 radical (unpaired) electrons. The fourth-order valence-corrected chi connectivity index (χ4v) is 3.35. The monoisotopic (exact) mass is 330 g/mol. The maximum Gasteiger partial charge on any atom is 0.230 e. The van der Waals surface area contributed by atoms with E-state index in [-0.39, 0.29) is 30.1 Å². The number of amides is 2. The Morgan fingerprint density at radius 1 is 1.38 bits per heavy atom. The molecule has 0 bridgehead atoms. The van der Waals surface area contributed by atoms with E-state index < -0.39 is 0 Å². The standard InChI is InChI=1S/C16H22N6O2/c17-16(18)20-8-9-1-3-10(4-2-9)15(24)21-12-5-6-19-14-11(12)7-13(23)22-14/h5-6,9-10H,1-4,7-8H2,(H4,17,18,20)(H2,19,21,22,23,24). The molecule has 2 aliphatic rings. The number of rotatable bonds is 4. The smallest absolute Gasteiger partial charge is 0.230 e. The summed E-state index contributed by atoms with van der Waals surface area (Å²) in [6.07, 6.45) is 5.35. The molecule has 24 heavy (non-hydrogen) atoms. The van der Waals surface area contributed by atoms with Crippen LogP contribution in [0, 0.1) is 17.2 Å². The summed E-state index contributed by atoms with van der Waals surface area (Å²) in [5.41, 5.74) is 6.73. The van der Waals surface area contributed by atoms with Gasteiger partial charge in [0.2, 0.25) is 11.8 Å². The molecule has 0 spiro atoms. The van der Waals surface area contributed by atoms with Crippen molar-refractivity contribution in [3.63, 3.8) is 0 Å². The van der Waals surface area contributed by atoms with Crippen molar-refractivity contribution >= 4 is 29.3 Å². The van der Waals surface area contributed by atoms with Crippen LogP contribution in [0.3, 0.4) is 0 Å². The molecule has 3 rings (SSSR count). The Hall–Kier alpha value is -2.64. The van der Waals surface area contributed by atoms with Crippen molar-refractivity contribution in [2.75, 3.05) is 17.2 Å². The predicted molar refractivity (Wildman–Crippen MR) is 90.6 cm³/mol. The van der Waals surface area contributed by atoms with Crippen LogP contribution in [0.2, 0.25) is 0 Å². The van der Waals surface area contributed by atoms with Gasteiger partial charge in [0.1, 0.15) is 5.82 Å². The molecule has 1 aromatic rings. The average molecular weight is 330 g/mol. The molecule has 2 heterocycles. The number of nitrogens with one attached hydrogen (secondary N) is 4. The minimum Gasteiger partial charge on any atom is -0.370 e. The Bertz CT molecular complexity index is 667. The van der Waals surface area contributed by atoms with E-state index in [0.717, 1.165) is 31.2 Å².